The van der Waals surface area contributed by atoms with E-state index in [1.807, 2.05) is 6.92 Å². The maximum absolute atomic E-state index is 12.4. The highest BCUT2D eigenvalue weighted by Crippen LogP contribution is 2.23. The van der Waals surface area contributed by atoms with Gasteiger partial charge < -0.3 is 4.42 Å². The van der Waals surface area contributed by atoms with Gasteiger partial charge in [-0.1, -0.05) is 35.3 Å². The molecule has 0 saturated carbocycles. The molecule has 5 heteroatoms. The first-order valence-corrected chi connectivity index (χ1v) is 7.72. The Morgan fingerprint density at radius 3 is 2.65 bits per heavy atom. The summed E-state index contributed by atoms with van der Waals surface area (Å²) in [7, 11) is 0. The molecule has 3 rings (SSSR count). The monoisotopic (exact) mass is 346 g/mol. The average molecular weight is 347 g/mol. The Hall–Kier alpha value is -2.10. The first-order valence-electron chi connectivity index (χ1n) is 6.96. The third kappa shape index (κ3) is 3.16. The molecule has 0 spiro atoms. The van der Waals surface area contributed by atoms with E-state index in [1.54, 1.807) is 36.4 Å². The van der Waals surface area contributed by atoms with Gasteiger partial charge in [0.1, 0.15) is 0 Å². The number of ketones is 1. The Morgan fingerprint density at radius 2 is 1.91 bits per heavy atom. The molecule has 0 unspecified atom stereocenters. The molecule has 0 aliphatic heterocycles. The second kappa shape index (κ2) is 6.19. The Bertz CT molecular complexity index is 974. The van der Waals surface area contributed by atoms with Gasteiger partial charge in [0.2, 0.25) is 5.78 Å². The number of benzene rings is 2. The molecule has 3 nitrogen and oxygen atoms in total. The van der Waals surface area contributed by atoms with Gasteiger partial charge in [0.05, 0.1) is 10.4 Å². The lowest BCUT2D eigenvalue weighted by Crippen LogP contribution is -2.10. The van der Waals surface area contributed by atoms with Gasteiger partial charge in [-0.15, -0.1) is 0 Å². The summed E-state index contributed by atoms with van der Waals surface area (Å²) in [5.41, 5.74) is 1.69. The number of carbonyl (C=O) groups is 1. The molecule has 116 valence electrons. The van der Waals surface area contributed by atoms with Crippen LogP contribution in [0.5, 0.6) is 0 Å². The Labute approximate surface area is 142 Å². The van der Waals surface area contributed by atoms with Gasteiger partial charge in [-0.25, -0.2) is 0 Å². The molecule has 0 bridgehead atoms. The highest BCUT2D eigenvalue weighted by molar-refractivity contribution is 6.34. The minimum Gasteiger partial charge on any atom is -0.451 e. The third-order valence-electron chi connectivity index (χ3n) is 3.64. The summed E-state index contributed by atoms with van der Waals surface area (Å²) in [5, 5.41) is 1.27. The third-order valence-corrected chi connectivity index (χ3v) is 4.17. The standard InChI is InChI=1S/C18H12Cl2O3/c1-10-7-12(19)6-5-11(10)8-16(22)17-9-15(21)13-3-2-4-14(20)18(13)23-17/h2-7,9H,8H2,1H3. The van der Waals surface area contributed by atoms with Crippen LogP contribution in [-0.4, -0.2) is 5.78 Å². The molecule has 0 fully saturated rings. The highest BCUT2D eigenvalue weighted by Gasteiger charge is 2.15. The number of Topliss-reactive ketones (excluding diaryl/α,β-unsaturated/α-hetero) is 1. The zero-order valence-electron chi connectivity index (χ0n) is 12.2. The molecular weight excluding hydrogens is 335 g/mol. The molecule has 0 aliphatic carbocycles. The van der Waals surface area contributed by atoms with Gasteiger partial charge in [0, 0.05) is 17.5 Å². The fourth-order valence-corrected chi connectivity index (χ4v) is 2.84. The summed E-state index contributed by atoms with van der Waals surface area (Å²) >= 11 is 12.0. The smallest absolute Gasteiger partial charge is 0.202 e. The number of para-hydroxylation sites is 1. The second-order valence-corrected chi connectivity index (χ2v) is 6.11. The molecule has 0 saturated heterocycles. The number of hydrogen-bond acceptors (Lipinski definition) is 3. The van der Waals surface area contributed by atoms with Crippen molar-refractivity contribution in [2.45, 2.75) is 13.3 Å². The van der Waals surface area contributed by atoms with Crippen LogP contribution in [0.2, 0.25) is 10.0 Å². The first kappa shape index (κ1) is 15.8. The maximum Gasteiger partial charge on any atom is 0.202 e. The molecule has 0 amide bonds. The summed E-state index contributed by atoms with van der Waals surface area (Å²) in [5.74, 6) is -0.278. The van der Waals surface area contributed by atoms with Crippen LogP contribution in [-0.2, 0) is 6.42 Å². The number of rotatable bonds is 3. The molecule has 0 aliphatic rings. The summed E-state index contributed by atoms with van der Waals surface area (Å²) < 4.78 is 5.56. The quantitative estimate of drug-likeness (QED) is 0.638. The Balaban J connectivity index is 2.01. The summed E-state index contributed by atoms with van der Waals surface area (Å²) in [6.07, 6.45) is 0.127. The summed E-state index contributed by atoms with van der Waals surface area (Å²) in [6.45, 7) is 1.88. The zero-order valence-corrected chi connectivity index (χ0v) is 13.7. The molecule has 23 heavy (non-hydrogen) atoms. The number of carbonyl (C=O) groups excluding carboxylic acids is 1. The van der Waals surface area contributed by atoms with Gasteiger partial charge in [0.25, 0.3) is 0 Å². The lowest BCUT2D eigenvalue weighted by Gasteiger charge is -2.06. The fraction of sp³-hybridized carbons (Fsp3) is 0.111. The van der Waals surface area contributed by atoms with Gasteiger partial charge in [0.15, 0.2) is 16.8 Å². The molecule has 0 atom stereocenters. The molecule has 3 aromatic rings. The van der Waals surface area contributed by atoms with E-state index in [9.17, 15) is 9.59 Å². The average Bonchev–Trinajstić information content (AvgIpc) is 2.51. The minimum absolute atomic E-state index is 0.00458. The first-order chi connectivity index (χ1) is 11.0. The van der Waals surface area contributed by atoms with Crippen molar-refractivity contribution in [3.63, 3.8) is 0 Å². The lowest BCUT2D eigenvalue weighted by atomic mass is 10.0. The molecule has 0 N–H and O–H groups in total. The SMILES string of the molecule is Cc1cc(Cl)ccc1CC(=O)c1cc(=O)c2cccc(Cl)c2o1. The van der Waals surface area contributed by atoms with E-state index in [4.69, 9.17) is 27.6 Å². The van der Waals surface area contributed by atoms with Crippen molar-refractivity contribution in [1.82, 2.24) is 0 Å². The van der Waals surface area contributed by atoms with Gasteiger partial charge in [-0.2, -0.15) is 0 Å². The lowest BCUT2D eigenvalue weighted by molar-refractivity contribution is 0.0967. The van der Waals surface area contributed by atoms with Crippen LogP contribution in [0.4, 0.5) is 0 Å². The van der Waals surface area contributed by atoms with Crippen molar-refractivity contribution in [2.24, 2.45) is 0 Å². The molecule has 2 aromatic carbocycles. The predicted molar refractivity (Wildman–Crippen MR) is 91.7 cm³/mol. The normalized spacial score (nSPS) is 10.9. The van der Waals surface area contributed by atoms with E-state index in [0.717, 1.165) is 11.1 Å². The topological polar surface area (TPSA) is 47.3 Å². The van der Waals surface area contributed by atoms with Crippen molar-refractivity contribution >= 4 is 40.0 Å². The van der Waals surface area contributed by atoms with Crippen molar-refractivity contribution in [3.05, 3.63) is 79.6 Å². The van der Waals surface area contributed by atoms with Crippen LogP contribution >= 0.6 is 23.2 Å². The van der Waals surface area contributed by atoms with Gasteiger partial charge in [-0.3, -0.25) is 9.59 Å². The summed E-state index contributed by atoms with van der Waals surface area (Å²) in [4.78, 5) is 24.6. The van der Waals surface area contributed by atoms with Gasteiger partial charge >= 0.3 is 0 Å². The van der Waals surface area contributed by atoms with Crippen LogP contribution in [0, 0.1) is 6.92 Å². The van der Waals surface area contributed by atoms with Gasteiger partial charge in [-0.05, 0) is 42.3 Å². The van der Waals surface area contributed by atoms with Crippen LogP contribution in [0.3, 0.4) is 0 Å². The van der Waals surface area contributed by atoms with Crippen LogP contribution < -0.4 is 5.43 Å². The van der Waals surface area contributed by atoms with Crippen LogP contribution in [0.25, 0.3) is 11.0 Å². The van der Waals surface area contributed by atoms with E-state index in [2.05, 4.69) is 0 Å². The van der Waals surface area contributed by atoms with E-state index >= 15 is 0 Å². The van der Waals surface area contributed by atoms with Crippen molar-refractivity contribution in [3.8, 4) is 0 Å². The molecule has 1 aromatic heterocycles. The van der Waals surface area contributed by atoms with E-state index < -0.39 is 0 Å². The van der Waals surface area contributed by atoms with Crippen LogP contribution in [0.1, 0.15) is 21.7 Å². The van der Waals surface area contributed by atoms with Crippen molar-refractivity contribution in [1.29, 1.82) is 0 Å². The molecular formula is C18H12Cl2O3. The largest absolute Gasteiger partial charge is 0.451 e. The van der Waals surface area contributed by atoms with E-state index in [0.29, 0.717) is 15.4 Å². The number of fused-ring (bicyclic) bond motifs is 1. The predicted octanol–water partition coefficient (Wildman–Crippen LogP) is 4.83. The number of aryl methyl sites for hydroxylation is 1. The zero-order chi connectivity index (χ0) is 16.6. The maximum atomic E-state index is 12.4. The minimum atomic E-state index is -0.287. The van der Waals surface area contributed by atoms with E-state index in [-0.39, 0.29) is 29.0 Å². The highest BCUT2D eigenvalue weighted by atomic mass is 35.5. The Kier molecular flexibility index (Phi) is 4.24. The van der Waals surface area contributed by atoms with Crippen LogP contribution in [0.15, 0.2) is 51.7 Å². The second-order valence-electron chi connectivity index (χ2n) is 5.26. The molecule has 0 radical (unpaired) electrons. The van der Waals surface area contributed by atoms with E-state index in [1.165, 1.54) is 6.07 Å². The fourth-order valence-electron chi connectivity index (χ4n) is 2.40. The summed E-state index contributed by atoms with van der Waals surface area (Å²) in [6, 6.07) is 11.4. The number of hydrogen-bond donors (Lipinski definition) is 0. The number of halogens is 2. The Morgan fingerprint density at radius 1 is 1.13 bits per heavy atom. The van der Waals surface area contributed by atoms with Crippen molar-refractivity contribution in [2.75, 3.05) is 0 Å². The van der Waals surface area contributed by atoms with Crippen molar-refractivity contribution < 1.29 is 9.21 Å². The molecule has 1 heterocycles.